The molecule has 2 aromatic heterocycles. The van der Waals surface area contributed by atoms with Crippen LogP contribution >= 0.6 is 0 Å². The summed E-state index contributed by atoms with van der Waals surface area (Å²) in [5.74, 6) is -3.78. The van der Waals surface area contributed by atoms with Crippen LogP contribution in [0.2, 0.25) is 0 Å². The number of alkyl halides is 6. The molecule has 0 radical (unpaired) electrons. The largest absolute Gasteiger partial charge is 0.422 e. The third-order valence-electron chi connectivity index (χ3n) is 11.2. The molecule has 6 rings (SSSR count). The predicted octanol–water partition coefficient (Wildman–Crippen LogP) is 8.41. The van der Waals surface area contributed by atoms with Crippen molar-refractivity contribution >= 4 is 84.4 Å². The zero-order chi connectivity index (χ0) is 54.9. The molecule has 0 fully saturated rings. The molecule has 26 heteroatoms. The summed E-state index contributed by atoms with van der Waals surface area (Å²) in [6.45, 7) is 11.6. The number of benzene rings is 2. The first-order valence-corrected chi connectivity index (χ1v) is 27.9. The maximum Gasteiger partial charge on any atom is 0.419 e. The van der Waals surface area contributed by atoms with Crippen molar-refractivity contribution in [3.63, 3.8) is 0 Å². The van der Waals surface area contributed by atoms with E-state index < -0.39 is 140 Å². The maximum absolute atomic E-state index is 14.6. The third kappa shape index (κ3) is 11.0. The van der Waals surface area contributed by atoms with Gasteiger partial charge in [0.05, 0.1) is 56.3 Å². The van der Waals surface area contributed by atoms with Gasteiger partial charge in [-0.2, -0.15) is 26.3 Å². The Hall–Kier alpha value is -5.86. The first kappa shape index (κ1) is 57.0. The molecule has 0 aliphatic carbocycles. The normalized spacial score (nSPS) is 16.6. The Bertz CT molecular complexity index is 3410. The molecule has 0 bridgehead atoms. The van der Waals surface area contributed by atoms with Crippen LogP contribution in [0.5, 0.6) is 0 Å². The second-order valence-electron chi connectivity index (χ2n) is 19.1. The average Bonchev–Trinajstić information content (AvgIpc) is 3.22. The number of rotatable bonds is 8. The second kappa shape index (κ2) is 18.9. The number of carbonyl (C=O) groups excluding carboxylic acids is 2. The number of sulfonamides is 2. The fourth-order valence-corrected chi connectivity index (χ4v) is 11.7. The lowest BCUT2D eigenvalue weighted by molar-refractivity contribution is -0.146. The summed E-state index contributed by atoms with van der Waals surface area (Å²) >= 11 is 0. The number of nitrogens with zero attached hydrogens (tertiary/aromatic N) is 4. The van der Waals surface area contributed by atoms with Gasteiger partial charge in [0.25, 0.3) is 0 Å². The molecule has 0 saturated carbocycles. The number of pyridine rings is 2. The first-order chi connectivity index (χ1) is 32.5. The molecule has 72 heavy (non-hydrogen) atoms. The van der Waals surface area contributed by atoms with E-state index in [9.17, 15) is 69.6 Å². The van der Waals surface area contributed by atoms with Gasteiger partial charge in [0.2, 0.25) is 20.0 Å². The van der Waals surface area contributed by atoms with Gasteiger partial charge < -0.3 is 9.47 Å². The minimum atomic E-state index is -5.19. The highest BCUT2D eigenvalue weighted by molar-refractivity contribution is 8.02. The minimum Gasteiger partial charge on any atom is -0.422 e. The second-order valence-corrected chi connectivity index (χ2v) is 27.5. The molecule has 0 atom stereocenters. The average molecular weight is 1090 g/mol. The van der Waals surface area contributed by atoms with Gasteiger partial charge in [-0.3, -0.25) is 28.2 Å². The number of hydrogen-bond donors (Lipinski definition) is 0. The lowest BCUT2D eigenvalue weighted by Gasteiger charge is -2.35. The molecule has 2 aromatic carbocycles. The fraction of sp³-hybridized carbons (Fsp3) is 0.391. The number of aromatic nitrogens is 2. The zero-order valence-electron chi connectivity index (χ0n) is 40.7. The molecular weight excluding hydrogens is 1040 g/mol. The van der Waals surface area contributed by atoms with Crippen molar-refractivity contribution in [1.82, 2.24) is 9.97 Å². The summed E-state index contributed by atoms with van der Waals surface area (Å²) < 4.78 is 200. The van der Waals surface area contributed by atoms with Crippen molar-refractivity contribution < 1.29 is 79.1 Å². The SMILES string of the molecule is CN(c1cccc(C2=C(OC(=O)C(C)(C)C)c3ncccc3C(C)(C)S2(=O)=O)c1C(F)(F)F)S(C)(=O)=O.CN(c1cccc(C2=C(OC(=O)C(C)(C)C)c3ncccc3CS2(=O)=O)c1C(F)(F)F)S(C)(=O)=O. The molecule has 0 unspecified atom stereocenters. The van der Waals surface area contributed by atoms with Crippen LogP contribution in [-0.2, 0) is 81.6 Å². The summed E-state index contributed by atoms with van der Waals surface area (Å²) in [6.07, 6.45) is -6.34. The Morgan fingerprint density at radius 2 is 1.00 bits per heavy atom. The molecule has 2 aliphatic rings. The van der Waals surface area contributed by atoms with E-state index >= 15 is 0 Å². The zero-order valence-corrected chi connectivity index (χ0v) is 44.0. The highest BCUT2D eigenvalue weighted by Gasteiger charge is 2.52. The lowest BCUT2D eigenvalue weighted by Crippen LogP contribution is -2.37. The Kier molecular flexibility index (Phi) is 15.0. The quantitative estimate of drug-likeness (QED) is 0.119. The highest BCUT2D eigenvalue weighted by Crippen LogP contribution is 2.53. The van der Waals surface area contributed by atoms with E-state index in [0.29, 0.717) is 14.9 Å². The topological polar surface area (TPSA) is 221 Å². The van der Waals surface area contributed by atoms with Crippen molar-refractivity contribution in [2.45, 2.75) is 78.2 Å². The Balaban J connectivity index is 0.000000268. The summed E-state index contributed by atoms with van der Waals surface area (Å²) in [7, 11) is -15.6. The van der Waals surface area contributed by atoms with Gasteiger partial charge in [0, 0.05) is 43.2 Å². The van der Waals surface area contributed by atoms with Gasteiger partial charge in [0.15, 0.2) is 31.2 Å². The molecular formula is C46H50F6N4O12S4. The summed E-state index contributed by atoms with van der Waals surface area (Å²) in [5, 5.41) is 0. The van der Waals surface area contributed by atoms with Gasteiger partial charge in [-0.05, 0) is 85.2 Å². The van der Waals surface area contributed by atoms with Crippen LogP contribution in [-0.4, -0.2) is 82.2 Å². The van der Waals surface area contributed by atoms with Crippen LogP contribution in [0.3, 0.4) is 0 Å². The summed E-state index contributed by atoms with van der Waals surface area (Å²) in [4.78, 5) is 32.1. The third-order valence-corrected chi connectivity index (χ3v) is 17.8. The van der Waals surface area contributed by atoms with Gasteiger partial charge >= 0.3 is 24.3 Å². The smallest absolute Gasteiger partial charge is 0.419 e. The number of halogens is 6. The number of esters is 2. The molecule has 4 aromatic rings. The number of carbonyl (C=O) groups is 2. The van der Waals surface area contributed by atoms with Gasteiger partial charge in [-0.15, -0.1) is 0 Å². The molecule has 0 saturated heterocycles. The molecule has 0 amide bonds. The van der Waals surface area contributed by atoms with Crippen molar-refractivity contribution in [2.24, 2.45) is 10.8 Å². The number of ether oxygens (including phenoxy) is 2. The fourth-order valence-electron chi connectivity index (χ4n) is 7.16. The van der Waals surface area contributed by atoms with E-state index in [1.165, 1.54) is 92.0 Å². The first-order valence-electron chi connectivity index (χ1n) is 21.1. The number of fused-ring (bicyclic) bond motifs is 2. The van der Waals surface area contributed by atoms with E-state index in [4.69, 9.17) is 9.47 Å². The van der Waals surface area contributed by atoms with Crippen LogP contribution in [0.15, 0.2) is 73.1 Å². The van der Waals surface area contributed by atoms with Crippen LogP contribution in [0.4, 0.5) is 37.7 Å². The van der Waals surface area contributed by atoms with Gasteiger partial charge in [0.1, 0.15) is 21.2 Å². The lowest BCUT2D eigenvalue weighted by atomic mass is 9.95. The predicted molar refractivity (Wildman–Crippen MR) is 257 cm³/mol. The van der Waals surface area contributed by atoms with Crippen LogP contribution in [0, 0.1) is 10.8 Å². The van der Waals surface area contributed by atoms with Crippen LogP contribution in [0.25, 0.3) is 21.3 Å². The molecule has 4 heterocycles. The highest BCUT2D eigenvalue weighted by atomic mass is 32.2. The molecule has 0 N–H and O–H groups in total. The van der Waals surface area contributed by atoms with Crippen LogP contribution < -0.4 is 8.61 Å². The Labute approximate surface area is 413 Å². The van der Waals surface area contributed by atoms with Crippen molar-refractivity contribution in [1.29, 1.82) is 0 Å². The van der Waals surface area contributed by atoms with E-state index in [1.54, 1.807) is 0 Å². The van der Waals surface area contributed by atoms with Gasteiger partial charge in [-0.1, -0.05) is 36.4 Å². The molecule has 0 spiro atoms. The molecule has 16 nitrogen and oxygen atoms in total. The summed E-state index contributed by atoms with van der Waals surface area (Å²) in [5.41, 5.74) is -8.49. The number of sulfone groups is 2. The monoisotopic (exact) mass is 1090 g/mol. The Morgan fingerprint density at radius 1 is 0.611 bits per heavy atom. The van der Waals surface area contributed by atoms with Crippen molar-refractivity contribution in [2.75, 3.05) is 35.2 Å². The van der Waals surface area contributed by atoms with E-state index in [0.717, 1.165) is 56.7 Å². The van der Waals surface area contributed by atoms with Crippen LogP contribution in [0.1, 0.15) is 100 Å². The van der Waals surface area contributed by atoms with E-state index in [-0.39, 0.29) is 22.5 Å². The van der Waals surface area contributed by atoms with Crippen molar-refractivity contribution in [3.05, 3.63) is 118 Å². The standard InChI is InChI=1S/C24H27F3N2O6S2.C22H23F3N2O6S2/c1-22(2,3)21(30)35-19-18-15(11-9-13-28-18)23(4,5)37(33,34)20(19)14-10-8-12-16(17(14)24(25,26)27)29(6)36(7,31)32;1-21(2,3)20(28)33-18-17-13(8-7-11-26-17)12-35(31,32)19(18)14-9-6-10-15(16(14)22(23,24)25)27(4)34(5,29)30/h8-13H,1-7H3;6-11H,12H2,1-5H3. The molecule has 2 aliphatic heterocycles. The minimum absolute atomic E-state index is 0.0927. The van der Waals surface area contributed by atoms with Gasteiger partial charge in [-0.25, -0.2) is 33.7 Å². The maximum atomic E-state index is 14.6. The summed E-state index contributed by atoms with van der Waals surface area (Å²) in [6, 6.07) is 11.6. The van der Waals surface area contributed by atoms with E-state index in [2.05, 4.69) is 9.97 Å². The number of anilines is 2. The Morgan fingerprint density at radius 3 is 1.40 bits per heavy atom. The molecule has 392 valence electrons. The number of hydrogen-bond acceptors (Lipinski definition) is 14. The van der Waals surface area contributed by atoms with E-state index in [1.807, 2.05) is 0 Å². The van der Waals surface area contributed by atoms with Crippen molar-refractivity contribution in [3.8, 4) is 0 Å².